The van der Waals surface area contributed by atoms with Crippen LogP contribution in [-0.4, -0.2) is 16.1 Å². The van der Waals surface area contributed by atoms with Crippen LogP contribution in [0, 0.1) is 6.92 Å². The van der Waals surface area contributed by atoms with Crippen LogP contribution in [0.15, 0.2) is 12.1 Å². The highest BCUT2D eigenvalue weighted by Gasteiger charge is 2.25. The van der Waals surface area contributed by atoms with Crippen LogP contribution in [0.2, 0.25) is 25.1 Å². The lowest BCUT2D eigenvalue weighted by Gasteiger charge is -2.14. The average Bonchev–Trinajstić information content (AvgIpc) is 2.48. The van der Waals surface area contributed by atoms with Gasteiger partial charge in [0.2, 0.25) is 0 Å². The summed E-state index contributed by atoms with van der Waals surface area (Å²) < 4.78 is 0. The second-order valence-electron chi connectivity index (χ2n) is 4.58. The Labute approximate surface area is 156 Å². The lowest BCUT2D eigenvalue weighted by Crippen LogP contribution is -2.13. The van der Waals surface area contributed by atoms with Gasteiger partial charge in [0.1, 0.15) is 16.3 Å². The van der Waals surface area contributed by atoms with Crippen molar-refractivity contribution in [3.63, 3.8) is 0 Å². The van der Waals surface area contributed by atoms with E-state index in [0.717, 1.165) is 0 Å². The molecule has 0 bridgehead atoms. The van der Waals surface area contributed by atoms with Gasteiger partial charge in [-0.25, -0.2) is 0 Å². The van der Waals surface area contributed by atoms with Crippen LogP contribution in [0.5, 0.6) is 11.5 Å². The number of rotatable bonds is 2. The van der Waals surface area contributed by atoms with E-state index in [1.165, 1.54) is 12.1 Å². The predicted octanol–water partition coefficient (Wildman–Crippen LogP) is 5.93. The van der Waals surface area contributed by atoms with Crippen LogP contribution in [-0.2, 0) is 0 Å². The van der Waals surface area contributed by atoms with Crippen LogP contribution in [0.1, 0.15) is 15.9 Å². The van der Waals surface area contributed by atoms with Crippen LogP contribution in [0.25, 0.3) is 0 Å². The maximum absolute atomic E-state index is 12.4. The number of carbonyl (C=O) groups is 1. The molecule has 0 aliphatic rings. The standard InChI is InChI=1S/C14H8Cl5NO3/c1-4-2-5(15)12(21)6(3-4)20-14(23)7-8(16)9(17)10(18)11(19)13(7)22/h2-3,21-22H,1H3,(H,20,23). The van der Waals surface area contributed by atoms with Crippen molar-refractivity contribution in [1.82, 2.24) is 0 Å². The van der Waals surface area contributed by atoms with Gasteiger partial charge in [-0.2, -0.15) is 0 Å². The summed E-state index contributed by atoms with van der Waals surface area (Å²) >= 11 is 29.3. The molecule has 0 aromatic heterocycles. The van der Waals surface area contributed by atoms with Crippen molar-refractivity contribution in [1.29, 1.82) is 0 Å². The largest absolute Gasteiger partial charge is 0.505 e. The van der Waals surface area contributed by atoms with Crippen LogP contribution in [0.4, 0.5) is 5.69 Å². The minimum Gasteiger partial charge on any atom is -0.505 e. The number of aromatic hydroxyl groups is 2. The quantitative estimate of drug-likeness (QED) is 0.324. The van der Waals surface area contributed by atoms with Gasteiger partial charge >= 0.3 is 0 Å². The number of carbonyl (C=O) groups excluding carboxylic acids is 1. The number of hydrogen-bond donors (Lipinski definition) is 3. The second kappa shape index (κ2) is 6.83. The van der Waals surface area contributed by atoms with Crippen molar-refractivity contribution < 1.29 is 15.0 Å². The first-order chi connectivity index (χ1) is 10.6. The van der Waals surface area contributed by atoms with Gasteiger partial charge in [0.25, 0.3) is 5.91 Å². The number of phenolic OH excluding ortho intramolecular Hbond substituents is 2. The molecule has 2 rings (SSSR count). The maximum atomic E-state index is 12.4. The monoisotopic (exact) mass is 413 g/mol. The Morgan fingerprint density at radius 1 is 0.913 bits per heavy atom. The van der Waals surface area contributed by atoms with Crippen LogP contribution in [0.3, 0.4) is 0 Å². The Bertz CT molecular complexity index is 794. The SMILES string of the molecule is Cc1cc(Cl)c(O)c(NC(=O)c2c(O)c(Cl)c(Cl)c(Cl)c2Cl)c1. The van der Waals surface area contributed by atoms with E-state index in [2.05, 4.69) is 5.32 Å². The van der Waals surface area contributed by atoms with Crippen molar-refractivity contribution in [3.8, 4) is 11.5 Å². The van der Waals surface area contributed by atoms with E-state index in [1.807, 2.05) is 0 Å². The first kappa shape index (κ1) is 18.3. The van der Waals surface area contributed by atoms with E-state index >= 15 is 0 Å². The molecule has 3 N–H and O–H groups in total. The number of nitrogens with one attached hydrogen (secondary N) is 1. The normalized spacial score (nSPS) is 10.7. The molecule has 0 spiro atoms. The average molecular weight is 415 g/mol. The summed E-state index contributed by atoms with van der Waals surface area (Å²) in [6.07, 6.45) is 0. The molecule has 0 atom stereocenters. The highest BCUT2D eigenvalue weighted by Crippen LogP contribution is 2.45. The molecular weight excluding hydrogens is 407 g/mol. The molecule has 0 fully saturated rings. The summed E-state index contributed by atoms with van der Waals surface area (Å²) in [6, 6.07) is 3.01. The molecule has 1 amide bonds. The fourth-order valence-corrected chi connectivity index (χ4v) is 3.04. The molecule has 0 radical (unpaired) electrons. The third-order valence-corrected chi connectivity index (χ3v) is 5.01. The van der Waals surface area contributed by atoms with Crippen LogP contribution < -0.4 is 5.32 Å². The van der Waals surface area contributed by atoms with E-state index in [0.29, 0.717) is 5.56 Å². The zero-order chi connectivity index (χ0) is 17.5. The molecule has 9 heteroatoms. The van der Waals surface area contributed by atoms with Crippen LogP contribution >= 0.6 is 58.0 Å². The van der Waals surface area contributed by atoms with Gasteiger partial charge in [-0.15, -0.1) is 0 Å². The Balaban J connectivity index is 2.52. The summed E-state index contributed by atoms with van der Waals surface area (Å²) in [7, 11) is 0. The number of anilines is 1. The number of benzene rings is 2. The van der Waals surface area contributed by atoms with Crippen molar-refractivity contribution >= 4 is 69.6 Å². The van der Waals surface area contributed by atoms with Gasteiger partial charge in [0.15, 0.2) is 5.75 Å². The number of phenols is 2. The Kier molecular flexibility index (Phi) is 5.44. The molecule has 23 heavy (non-hydrogen) atoms. The van der Waals surface area contributed by atoms with Gasteiger partial charge < -0.3 is 15.5 Å². The lowest BCUT2D eigenvalue weighted by atomic mass is 10.1. The van der Waals surface area contributed by atoms with Gasteiger partial charge in [-0.1, -0.05) is 58.0 Å². The predicted molar refractivity (Wildman–Crippen MR) is 94.0 cm³/mol. The van der Waals surface area contributed by atoms with Crippen molar-refractivity contribution in [2.45, 2.75) is 6.92 Å². The van der Waals surface area contributed by atoms with Crippen molar-refractivity contribution in [2.75, 3.05) is 5.32 Å². The van der Waals surface area contributed by atoms with E-state index in [1.54, 1.807) is 6.92 Å². The highest BCUT2D eigenvalue weighted by atomic mass is 35.5. The summed E-state index contributed by atoms with van der Waals surface area (Å²) in [5, 5.41) is 21.4. The number of amides is 1. The van der Waals surface area contributed by atoms with Crippen molar-refractivity contribution in [2.24, 2.45) is 0 Å². The molecule has 2 aromatic rings. The fraction of sp³-hybridized carbons (Fsp3) is 0.0714. The van der Waals surface area contributed by atoms with E-state index in [9.17, 15) is 15.0 Å². The van der Waals surface area contributed by atoms with Gasteiger partial charge in [-0.05, 0) is 24.6 Å². The van der Waals surface area contributed by atoms with Crippen molar-refractivity contribution in [3.05, 3.63) is 48.4 Å². The Hall–Kier alpha value is -1.04. The molecule has 0 saturated heterocycles. The minimum absolute atomic E-state index is 0.0395. The lowest BCUT2D eigenvalue weighted by molar-refractivity contribution is 0.102. The van der Waals surface area contributed by atoms with E-state index in [-0.39, 0.29) is 42.1 Å². The summed E-state index contributed by atoms with van der Waals surface area (Å²) in [6.45, 7) is 1.72. The summed E-state index contributed by atoms with van der Waals surface area (Å²) in [5.41, 5.74) is 0.367. The molecule has 0 aliphatic carbocycles. The molecule has 4 nitrogen and oxygen atoms in total. The third kappa shape index (κ3) is 3.42. The highest BCUT2D eigenvalue weighted by molar-refractivity contribution is 6.53. The van der Waals surface area contributed by atoms with Gasteiger partial charge in [-0.3, -0.25) is 4.79 Å². The van der Waals surface area contributed by atoms with E-state index < -0.39 is 11.7 Å². The number of hydrogen-bond acceptors (Lipinski definition) is 3. The molecule has 0 saturated carbocycles. The smallest absolute Gasteiger partial charge is 0.261 e. The Morgan fingerprint density at radius 3 is 2.09 bits per heavy atom. The molecule has 0 aliphatic heterocycles. The van der Waals surface area contributed by atoms with Gasteiger partial charge in [0.05, 0.1) is 25.8 Å². The first-order valence-corrected chi connectivity index (χ1v) is 7.89. The molecular formula is C14H8Cl5NO3. The fourth-order valence-electron chi connectivity index (χ4n) is 1.84. The molecule has 2 aromatic carbocycles. The number of aryl methyl sites for hydroxylation is 1. The third-order valence-electron chi connectivity index (χ3n) is 2.93. The Morgan fingerprint density at radius 2 is 1.48 bits per heavy atom. The first-order valence-electron chi connectivity index (χ1n) is 6.00. The maximum Gasteiger partial charge on any atom is 0.261 e. The molecule has 0 unspecified atom stereocenters. The number of halogens is 5. The second-order valence-corrected chi connectivity index (χ2v) is 6.50. The van der Waals surface area contributed by atoms with E-state index in [4.69, 9.17) is 58.0 Å². The summed E-state index contributed by atoms with van der Waals surface area (Å²) in [4.78, 5) is 12.4. The molecule has 122 valence electrons. The summed E-state index contributed by atoms with van der Waals surface area (Å²) in [5.74, 6) is -1.79. The zero-order valence-corrected chi connectivity index (χ0v) is 15.1. The molecule has 0 heterocycles. The van der Waals surface area contributed by atoms with Gasteiger partial charge in [0, 0.05) is 0 Å². The topological polar surface area (TPSA) is 69.6 Å². The zero-order valence-electron chi connectivity index (χ0n) is 11.3. The minimum atomic E-state index is -0.843.